The normalized spacial score (nSPS) is 13.3. The second kappa shape index (κ2) is 12.7. The third-order valence-electron chi connectivity index (χ3n) is 10.5. The first kappa shape index (κ1) is 31.3. The summed E-state index contributed by atoms with van der Waals surface area (Å²) in [7, 11) is 0. The monoisotopic (exact) mass is 794 g/mol. The molecule has 0 saturated carbocycles. The molecule has 9 aromatic rings. The van der Waals surface area contributed by atoms with Gasteiger partial charge in [-0.3, -0.25) is 0 Å². The molecular formula is C48H32Br2N2. The molecule has 0 spiro atoms. The second-order valence-corrected chi connectivity index (χ2v) is 15.5. The van der Waals surface area contributed by atoms with Crippen LogP contribution >= 0.6 is 31.9 Å². The van der Waals surface area contributed by atoms with Gasteiger partial charge in [-0.2, -0.15) is 0 Å². The van der Waals surface area contributed by atoms with Crippen LogP contribution in [0.5, 0.6) is 0 Å². The Morgan fingerprint density at radius 2 is 0.769 bits per heavy atom. The maximum absolute atomic E-state index is 3.69. The Labute approximate surface area is 319 Å². The van der Waals surface area contributed by atoms with Gasteiger partial charge in [0.2, 0.25) is 0 Å². The van der Waals surface area contributed by atoms with Crippen LogP contribution in [0.4, 0.5) is 0 Å². The third kappa shape index (κ3) is 5.28. The van der Waals surface area contributed by atoms with E-state index in [9.17, 15) is 0 Å². The number of fused-ring (bicyclic) bond motifs is 6. The van der Waals surface area contributed by atoms with E-state index in [1.165, 1.54) is 87.2 Å². The summed E-state index contributed by atoms with van der Waals surface area (Å²) in [4.78, 5) is 0. The van der Waals surface area contributed by atoms with Crippen molar-refractivity contribution in [1.29, 1.82) is 0 Å². The van der Waals surface area contributed by atoms with Gasteiger partial charge in [-0.1, -0.05) is 117 Å². The third-order valence-corrected chi connectivity index (χ3v) is 11.7. The Hall–Kier alpha value is -5.42. The Bertz CT molecular complexity index is 2890. The Morgan fingerprint density at radius 1 is 0.365 bits per heavy atom. The zero-order valence-electron chi connectivity index (χ0n) is 28.2. The van der Waals surface area contributed by atoms with Crippen molar-refractivity contribution in [2.24, 2.45) is 0 Å². The predicted molar refractivity (Wildman–Crippen MR) is 228 cm³/mol. The SMILES string of the molecule is BrC1=CC=C(c2ccc3c(c2)c2cc(-c4ccc5c(c4)c4cc(-c6ccc(Br)cc6)ccc4n5-c4ccccc4)ccc2n3-c2ccccc2)CC1. The fourth-order valence-corrected chi connectivity index (χ4v) is 8.58. The minimum atomic E-state index is 1.03. The molecule has 2 heterocycles. The molecule has 0 amide bonds. The van der Waals surface area contributed by atoms with Gasteiger partial charge in [0.25, 0.3) is 0 Å². The molecule has 4 heteroatoms. The molecule has 10 rings (SSSR count). The lowest BCUT2D eigenvalue weighted by Crippen LogP contribution is -1.94. The summed E-state index contributed by atoms with van der Waals surface area (Å²) >= 11 is 7.29. The summed E-state index contributed by atoms with van der Waals surface area (Å²) in [6.07, 6.45) is 6.53. The zero-order valence-corrected chi connectivity index (χ0v) is 31.4. The molecule has 248 valence electrons. The number of allylic oxidation sites excluding steroid dienone is 4. The molecular weight excluding hydrogens is 764 g/mol. The number of hydrogen-bond donors (Lipinski definition) is 0. The highest BCUT2D eigenvalue weighted by Crippen LogP contribution is 2.40. The molecule has 1 aliphatic carbocycles. The minimum absolute atomic E-state index is 1.03. The van der Waals surface area contributed by atoms with Gasteiger partial charge in [-0.25, -0.2) is 0 Å². The molecule has 0 atom stereocenters. The molecule has 0 aliphatic heterocycles. The van der Waals surface area contributed by atoms with E-state index < -0.39 is 0 Å². The number of nitrogens with zero attached hydrogens (tertiary/aromatic N) is 2. The quantitative estimate of drug-likeness (QED) is 0.164. The van der Waals surface area contributed by atoms with Crippen molar-refractivity contribution in [3.05, 3.63) is 184 Å². The molecule has 0 saturated heterocycles. The summed E-state index contributed by atoms with van der Waals surface area (Å²) in [5.41, 5.74) is 14.7. The first-order valence-corrected chi connectivity index (χ1v) is 19.3. The smallest absolute Gasteiger partial charge is 0.0541 e. The van der Waals surface area contributed by atoms with Gasteiger partial charge in [0.1, 0.15) is 0 Å². The van der Waals surface area contributed by atoms with Gasteiger partial charge in [-0.15, -0.1) is 0 Å². The van der Waals surface area contributed by atoms with Crippen molar-refractivity contribution in [2.45, 2.75) is 12.8 Å². The summed E-state index contributed by atoms with van der Waals surface area (Å²) in [5, 5.41) is 5.02. The summed E-state index contributed by atoms with van der Waals surface area (Å²) in [5.74, 6) is 0. The van der Waals surface area contributed by atoms with Crippen LogP contribution in [0.3, 0.4) is 0 Å². The average Bonchev–Trinajstić information content (AvgIpc) is 3.70. The van der Waals surface area contributed by atoms with Gasteiger partial charge in [0.05, 0.1) is 22.1 Å². The molecule has 0 bridgehead atoms. The van der Waals surface area contributed by atoms with E-state index in [0.29, 0.717) is 0 Å². The summed E-state index contributed by atoms with van der Waals surface area (Å²) < 4.78 is 7.14. The first-order valence-electron chi connectivity index (χ1n) is 17.7. The topological polar surface area (TPSA) is 9.86 Å². The molecule has 0 fully saturated rings. The van der Waals surface area contributed by atoms with E-state index >= 15 is 0 Å². The van der Waals surface area contributed by atoms with E-state index in [-0.39, 0.29) is 0 Å². The molecule has 0 unspecified atom stereocenters. The average molecular weight is 797 g/mol. The Morgan fingerprint density at radius 3 is 1.21 bits per heavy atom. The van der Waals surface area contributed by atoms with Crippen LogP contribution in [-0.4, -0.2) is 9.13 Å². The maximum atomic E-state index is 3.69. The fourth-order valence-electron chi connectivity index (χ4n) is 7.99. The molecule has 0 radical (unpaired) electrons. The van der Waals surface area contributed by atoms with Crippen LogP contribution in [-0.2, 0) is 0 Å². The molecule has 7 aromatic carbocycles. The number of hydrogen-bond acceptors (Lipinski definition) is 0. The molecule has 52 heavy (non-hydrogen) atoms. The van der Waals surface area contributed by atoms with E-state index in [2.05, 4.69) is 211 Å². The van der Waals surface area contributed by atoms with Crippen LogP contribution in [0.2, 0.25) is 0 Å². The lowest BCUT2D eigenvalue weighted by Gasteiger charge is -2.12. The second-order valence-electron chi connectivity index (χ2n) is 13.6. The van der Waals surface area contributed by atoms with Gasteiger partial charge < -0.3 is 9.13 Å². The number of aromatic nitrogens is 2. The molecule has 2 nitrogen and oxygen atoms in total. The van der Waals surface area contributed by atoms with Crippen molar-refractivity contribution < 1.29 is 0 Å². The molecule has 1 aliphatic rings. The van der Waals surface area contributed by atoms with E-state index in [4.69, 9.17) is 0 Å². The summed E-state index contributed by atoms with van der Waals surface area (Å²) in [6, 6.07) is 57.9. The maximum Gasteiger partial charge on any atom is 0.0541 e. The van der Waals surface area contributed by atoms with Crippen molar-refractivity contribution in [1.82, 2.24) is 9.13 Å². The predicted octanol–water partition coefficient (Wildman–Crippen LogP) is 14.4. The number of para-hydroxylation sites is 2. The largest absolute Gasteiger partial charge is 0.309 e. The van der Waals surface area contributed by atoms with Gasteiger partial charge in [0.15, 0.2) is 0 Å². The van der Waals surface area contributed by atoms with Crippen molar-refractivity contribution in [3.8, 4) is 33.6 Å². The van der Waals surface area contributed by atoms with Crippen LogP contribution < -0.4 is 0 Å². The Kier molecular flexibility index (Phi) is 7.63. The van der Waals surface area contributed by atoms with Crippen LogP contribution in [0, 0.1) is 0 Å². The number of rotatable bonds is 5. The van der Waals surface area contributed by atoms with E-state index in [1.807, 2.05) is 0 Å². The highest BCUT2D eigenvalue weighted by Gasteiger charge is 2.18. The molecule has 2 aromatic heterocycles. The van der Waals surface area contributed by atoms with Crippen LogP contribution in [0.25, 0.3) is 82.8 Å². The number of halogens is 2. The van der Waals surface area contributed by atoms with Crippen LogP contribution in [0.15, 0.2) is 179 Å². The Balaban J connectivity index is 1.19. The van der Waals surface area contributed by atoms with Gasteiger partial charge >= 0.3 is 0 Å². The van der Waals surface area contributed by atoms with E-state index in [1.54, 1.807) is 0 Å². The standard InChI is InChI=1S/C48H32Br2N2/c49-37-19-11-31(12-20-37)33-15-23-45-41(27-33)43-29-35(17-25-47(43)51(45)39-7-3-1-4-8-39)36-18-26-48-44(30-36)42-28-34(32-13-21-38(50)22-14-32)16-24-46(42)52(48)40-9-5-2-6-10-40/h1-13,15-21,23-30H,14,22H2. The summed E-state index contributed by atoms with van der Waals surface area (Å²) in [6.45, 7) is 0. The fraction of sp³-hybridized carbons (Fsp3) is 0.0417. The zero-order chi connectivity index (χ0) is 34.8. The molecule has 0 N–H and O–H groups in total. The van der Waals surface area contributed by atoms with Gasteiger partial charge in [0, 0.05) is 37.4 Å². The van der Waals surface area contributed by atoms with Crippen molar-refractivity contribution in [3.63, 3.8) is 0 Å². The lowest BCUT2D eigenvalue weighted by molar-refractivity contribution is 1.04. The minimum Gasteiger partial charge on any atom is -0.309 e. The van der Waals surface area contributed by atoms with Crippen molar-refractivity contribution >= 4 is 81.0 Å². The van der Waals surface area contributed by atoms with Crippen molar-refractivity contribution in [2.75, 3.05) is 0 Å². The highest BCUT2D eigenvalue weighted by atomic mass is 79.9. The first-order chi connectivity index (χ1) is 25.6. The van der Waals surface area contributed by atoms with E-state index in [0.717, 1.165) is 23.0 Å². The number of benzene rings is 7. The lowest BCUT2D eigenvalue weighted by atomic mass is 9.95. The highest BCUT2D eigenvalue weighted by molar-refractivity contribution is 9.11. The van der Waals surface area contributed by atoms with Gasteiger partial charge in [-0.05, 0) is 136 Å². The van der Waals surface area contributed by atoms with Crippen LogP contribution in [0.1, 0.15) is 18.4 Å².